The third-order valence-electron chi connectivity index (χ3n) is 5.06. The first-order chi connectivity index (χ1) is 14.2. The molecule has 160 valence electrons. The van der Waals surface area contributed by atoms with Gasteiger partial charge in [0.2, 0.25) is 0 Å². The second kappa shape index (κ2) is 7.82. The fraction of sp³-hybridized carbons (Fsp3) is 0.444. The number of thioether (sulfide) groups is 1. The van der Waals surface area contributed by atoms with Gasteiger partial charge in [0.25, 0.3) is 5.91 Å². The number of hydrogen-bond donors (Lipinski definition) is 2. The number of carbonyl (C=O) groups excluding carboxylic acids is 1. The lowest BCUT2D eigenvalue weighted by Gasteiger charge is -2.44. The zero-order chi connectivity index (χ0) is 21.5. The Kier molecular flexibility index (Phi) is 5.49. The monoisotopic (exact) mass is 457 g/mol. The van der Waals surface area contributed by atoms with Crippen LogP contribution in [-0.4, -0.2) is 39.5 Å². The van der Waals surface area contributed by atoms with E-state index in [2.05, 4.69) is 20.3 Å². The summed E-state index contributed by atoms with van der Waals surface area (Å²) in [7, 11) is 0. The molecule has 0 bridgehead atoms. The van der Waals surface area contributed by atoms with Crippen LogP contribution in [0, 0.1) is 5.92 Å². The van der Waals surface area contributed by atoms with Gasteiger partial charge in [0, 0.05) is 23.2 Å². The summed E-state index contributed by atoms with van der Waals surface area (Å²) in [5, 5.41) is 5.39. The van der Waals surface area contributed by atoms with Crippen LogP contribution in [-0.2, 0) is 16.5 Å². The van der Waals surface area contributed by atoms with Crippen LogP contribution >= 0.6 is 23.1 Å². The molecule has 3 atom stereocenters. The number of pyridine rings is 1. The molecule has 0 saturated carbocycles. The van der Waals surface area contributed by atoms with Crippen molar-refractivity contribution >= 4 is 40.0 Å². The van der Waals surface area contributed by atoms with Gasteiger partial charge in [-0.3, -0.25) is 9.78 Å². The summed E-state index contributed by atoms with van der Waals surface area (Å²) in [6, 6.07) is 1.84. The van der Waals surface area contributed by atoms with Crippen molar-refractivity contribution in [2.24, 2.45) is 16.6 Å². The number of amides is 1. The molecule has 4 heterocycles. The van der Waals surface area contributed by atoms with Crippen molar-refractivity contribution in [3.63, 3.8) is 0 Å². The Balaban J connectivity index is 1.54. The second-order valence-electron chi connectivity index (χ2n) is 7.16. The minimum absolute atomic E-state index is 0.114. The van der Waals surface area contributed by atoms with Crippen molar-refractivity contribution in [1.82, 2.24) is 9.97 Å². The molecule has 0 radical (unpaired) electrons. The van der Waals surface area contributed by atoms with E-state index >= 15 is 0 Å². The molecule has 0 aromatic carbocycles. The Labute approximate surface area is 178 Å². The van der Waals surface area contributed by atoms with Gasteiger partial charge in [0.15, 0.2) is 5.17 Å². The lowest BCUT2D eigenvalue weighted by molar-refractivity contribution is -0.137. The molecule has 1 fully saturated rings. The first-order valence-corrected chi connectivity index (χ1v) is 10.9. The van der Waals surface area contributed by atoms with Gasteiger partial charge in [0.05, 0.1) is 18.3 Å². The third kappa shape index (κ3) is 4.03. The summed E-state index contributed by atoms with van der Waals surface area (Å²) < 4.78 is 43.8. The van der Waals surface area contributed by atoms with Crippen molar-refractivity contribution < 1.29 is 22.7 Å². The molecular formula is C18H18F3N5O2S2. The van der Waals surface area contributed by atoms with Crippen LogP contribution in [0.5, 0.6) is 0 Å². The number of amidine groups is 1. The number of thiazole rings is 1. The maximum absolute atomic E-state index is 12.7. The topological polar surface area (TPSA) is 102 Å². The van der Waals surface area contributed by atoms with E-state index in [1.165, 1.54) is 23.1 Å². The van der Waals surface area contributed by atoms with Crippen molar-refractivity contribution in [1.29, 1.82) is 0 Å². The van der Waals surface area contributed by atoms with Crippen LogP contribution in [0.4, 0.5) is 19.0 Å². The number of halogens is 3. The Morgan fingerprint density at radius 2 is 2.20 bits per heavy atom. The normalized spacial score (nSPS) is 26.6. The minimum atomic E-state index is -4.51. The van der Waals surface area contributed by atoms with Crippen LogP contribution in [0.1, 0.15) is 34.4 Å². The molecule has 2 aromatic heterocycles. The lowest BCUT2D eigenvalue weighted by atomic mass is 9.80. The number of carbonyl (C=O) groups is 1. The van der Waals surface area contributed by atoms with Crippen LogP contribution < -0.4 is 11.1 Å². The summed E-state index contributed by atoms with van der Waals surface area (Å²) in [5.74, 6) is 0.635. The van der Waals surface area contributed by atoms with Gasteiger partial charge < -0.3 is 15.8 Å². The van der Waals surface area contributed by atoms with Crippen LogP contribution in [0.25, 0.3) is 0 Å². The Bertz CT molecular complexity index is 979. The van der Waals surface area contributed by atoms with Gasteiger partial charge in [-0.25, -0.2) is 9.98 Å². The van der Waals surface area contributed by atoms with E-state index in [9.17, 15) is 18.0 Å². The fourth-order valence-electron chi connectivity index (χ4n) is 3.49. The second-order valence-corrected chi connectivity index (χ2v) is 9.06. The molecular weight excluding hydrogens is 439 g/mol. The number of nitrogens with one attached hydrogen (secondary N) is 1. The van der Waals surface area contributed by atoms with Gasteiger partial charge >= 0.3 is 6.18 Å². The summed E-state index contributed by atoms with van der Waals surface area (Å²) in [6.07, 6.45) is -2.95. The van der Waals surface area contributed by atoms with E-state index < -0.39 is 23.2 Å². The number of aliphatic imine (C=N–C) groups is 1. The molecule has 4 rings (SSSR count). The highest BCUT2D eigenvalue weighted by Gasteiger charge is 2.49. The molecule has 2 aliphatic rings. The maximum atomic E-state index is 12.7. The quantitative estimate of drug-likeness (QED) is 0.732. The van der Waals surface area contributed by atoms with Gasteiger partial charge in [-0.1, -0.05) is 11.8 Å². The van der Waals surface area contributed by atoms with Crippen LogP contribution in [0.15, 0.2) is 28.7 Å². The molecule has 0 aliphatic carbocycles. The highest BCUT2D eigenvalue weighted by atomic mass is 32.2. The van der Waals surface area contributed by atoms with E-state index in [1.54, 1.807) is 5.38 Å². The van der Waals surface area contributed by atoms with Gasteiger partial charge in [-0.2, -0.15) is 13.2 Å². The van der Waals surface area contributed by atoms with Gasteiger partial charge in [-0.05, 0) is 25.5 Å². The largest absolute Gasteiger partial charge is 0.417 e. The van der Waals surface area contributed by atoms with E-state index in [0.717, 1.165) is 24.3 Å². The summed E-state index contributed by atoms with van der Waals surface area (Å²) in [6.45, 7) is 2.36. The summed E-state index contributed by atoms with van der Waals surface area (Å²) in [4.78, 5) is 25.2. The number of alkyl halides is 3. The zero-order valence-corrected chi connectivity index (χ0v) is 17.4. The number of rotatable bonds is 3. The molecule has 0 spiro atoms. The zero-order valence-electron chi connectivity index (χ0n) is 15.8. The number of aromatic nitrogens is 2. The average molecular weight is 458 g/mol. The Hall–Kier alpha value is -2.18. The molecule has 1 unspecified atom stereocenters. The summed E-state index contributed by atoms with van der Waals surface area (Å²) in [5.41, 5.74) is 4.23. The van der Waals surface area contributed by atoms with Crippen molar-refractivity contribution in [3.05, 3.63) is 40.0 Å². The van der Waals surface area contributed by atoms with Gasteiger partial charge in [0.1, 0.15) is 22.1 Å². The predicted octanol–water partition coefficient (Wildman–Crippen LogP) is 3.49. The number of nitrogens with zero attached hydrogens (tertiary/aromatic N) is 3. The number of fused-ring (bicyclic) bond motifs is 1. The first kappa shape index (κ1) is 21.1. The smallest absolute Gasteiger partial charge is 0.379 e. The molecule has 3 N–H and O–H groups in total. The third-order valence-corrected chi connectivity index (χ3v) is 7.03. The Morgan fingerprint density at radius 3 is 2.90 bits per heavy atom. The minimum Gasteiger partial charge on any atom is -0.379 e. The fourth-order valence-corrected chi connectivity index (χ4v) is 5.46. The van der Waals surface area contributed by atoms with Crippen LogP contribution in [0.3, 0.4) is 0 Å². The summed E-state index contributed by atoms with van der Waals surface area (Å²) >= 11 is 2.84. The van der Waals surface area contributed by atoms with Crippen molar-refractivity contribution in [2.75, 3.05) is 17.7 Å². The molecule has 7 nitrogen and oxygen atoms in total. The first-order valence-electron chi connectivity index (χ1n) is 9.08. The predicted molar refractivity (Wildman–Crippen MR) is 109 cm³/mol. The average Bonchev–Trinajstić information content (AvgIpc) is 3.17. The van der Waals surface area contributed by atoms with Crippen molar-refractivity contribution in [3.8, 4) is 0 Å². The molecule has 12 heteroatoms. The maximum Gasteiger partial charge on any atom is 0.417 e. The van der Waals surface area contributed by atoms with Crippen molar-refractivity contribution in [2.45, 2.75) is 31.2 Å². The van der Waals surface area contributed by atoms with Gasteiger partial charge in [-0.15, -0.1) is 11.3 Å². The van der Waals surface area contributed by atoms with E-state index in [-0.39, 0.29) is 23.5 Å². The number of ether oxygens (including phenoxy) is 1. The molecule has 2 aromatic rings. The molecule has 1 saturated heterocycles. The number of hydrogen-bond acceptors (Lipinski definition) is 8. The number of anilines is 1. The van der Waals surface area contributed by atoms with E-state index in [4.69, 9.17) is 10.5 Å². The van der Waals surface area contributed by atoms with Crippen LogP contribution in [0.2, 0.25) is 0 Å². The highest BCUT2D eigenvalue weighted by Crippen LogP contribution is 2.47. The highest BCUT2D eigenvalue weighted by molar-refractivity contribution is 8.13. The molecule has 2 aliphatic heterocycles. The standard InChI is InChI=1S/C18H18F3N5O2S2/c1-9-4-11-6-30-16(22)26-17(11,8-28-9)15-25-13(7-29-15)24-14(27)12-3-2-10(5-23-12)18(19,20)21/h2-3,5,7,9,11H,4,6,8H2,1H3,(H2,22,26)(H,24,27)/t9-,11-,17?/m0/s1. The lowest BCUT2D eigenvalue weighted by Crippen LogP contribution is -2.49. The Morgan fingerprint density at radius 1 is 1.40 bits per heavy atom. The van der Waals surface area contributed by atoms with E-state index in [1.807, 2.05) is 6.92 Å². The molecule has 30 heavy (non-hydrogen) atoms. The van der Waals surface area contributed by atoms with E-state index in [0.29, 0.717) is 23.0 Å². The SMILES string of the molecule is C[C@H]1C[C@H]2CSC(N)=NC2(c2nc(NC(=O)c3ccc(C(F)(F)F)cn3)cs2)CO1. The number of nitrogens with two attached hydrogens (primary N) is 1. The molecule has 1 amide bonds.